The van der Waals surface area contributed by atoms with Crippen molar-refractivity contribution in [2.45, 2.75) is 25.5 Å². The Morgan fingerprint density at radius 2 is 1.76 bits per heavy atom. The SMILES string of the molecule is NC(CCC(=O)Nc1ccccc1CO)c1ccccc1. The van der Waals surface area contributed by atoms with E-state index in [0.717, 1.165) is 5.56 Å². The van der Waals surface area contributed by atoms with Gasteiger partial charge in [-0.25, -0.2) is 0 Å². The Kier molecular flexibility index (Phi) is 5.49. The van der Waals surface area contributed by atoms with E-state index in [0.29, 0.717) is 24.1 Å². The summed E-state index contributed by atoms with van der Waals surface area (Å²) in [7, 11) is 0. The van der Waals surface area contributed by atoms with E-state index in [4.69, 9.17) is 5.73 Å². The molecule has 1 unspecified atom stereocenters. The van der Waals surface area contributed by atoms with Gasteiger partial charge in [-0.05, 0) is 18.1 Å². The van der Waals surface area contributed by atoms with Crippen LogP contribution in [0.2, 0.25) is 0 Å². The molecule has 0 aliphatic rings. The normalized spacial score (nSPS) is 11.9. The summed E-state index contributed by atoms with van der Waals surface area (Å²) in [5.41, 5.74) is 8.46. The van der Waals surface area contributed by atoms with Crippen molar-refractivity contribution in [3.63, 3.8) is 0 Å². The number of nitrogens with one attached hydrogen (secondary N) is 1. The summed E-state index contributed by atoms with van der Waals surface area (Å²) in [5, 5.41) is 12.0. The Balaban J connectivity index is 1.88. The van der Waals surface area contributed by atoms with Crippen LogP contribution in [0.3, 0.4) is 0 Å². The Hall–Kier alpha value is -2.17. The molecule has 21 heavy (non-hydrogen) atoms. The van der Waals surface area contributed by atoms with Crippen LogP contribution in [0.1, 0.15) is 30.0 Å². The van der Waals surface area contributed by atoms with Gasteiger partial charge < -0.3 is 16.2 Å². The van der Waals surface area contributed by atoms with Gasteiger partial charge in [0, 0.05) is 23.7 Å². The molecule has 0 aromatic heterocycles. The van der Waals surface area contributed by atoms with E-state index in [1.165, 1.54) is 0 Å². The van der Waals surface area contributed by atoms with E-state index in [-0.39, 0.29) is 18.6 Å². The number of anilines is 1. The van der Waals surface area contributed by atoms with Crippen molar-refractivity contribution in [2.24, 2.45) is 5.73 Å². The third-order valence-electron chi connectivity index (χ3n) is 3.37. The van der Waals surface area contributed by atoms with Crippen LogP contribution in [0.5, 0.6) is 0 Å². The lowest BCUT2D eigenvalue weighted by Crippen LogP contribution is -2.17. The zero-order valence-electron chi connectivity index (χ0n) is 11.8. The van der Waals surface area contributed by atoms with Crippen LogP contribution >= 0.6 is 0 Å². The second-order valence-corrected chi connectivity index (χ2v) is 4.92. The lowest BCUT2D eigenvalue weighted by Gasteiger charge is -2.13. The smallest absolute Gasteiger partial charge is 0.224 e. The highest BCUT2D eigenvalue weighted by atomic mass is 16.3. The molecule has 0 saturated carbocycles. The van der Waals surface area contributed by atoms with E-state index in [9.17, 15) is 9.90 Å². The molecule has 1 atom stereocenters. The molecule has 2 aromatic rings. The summed E-state index contributed by atoms with van der Waals surface area (Å²) in [5.74, 6) is -0.0951. The van der Waals surface area contributed by atoms with Crippen LogP contribution in [0.25, 0.3) is 0 Å². The first-order valence-corrected chi connectivity index (χ1v) is 7.00. The van der Waals surface area contributed by atoms with Gasteiger partial charge in [0.2, 0.25) is 5.91 Å². The molecule has 0 aliphatic carbocycles. The van der Waals surface area contributed by atoms with Crippen LogP contribution in [0.4, 0.5) is 5.69 Å². The van der Waals surface area contributed by atoms with Crippen LogP contribution < -0.4 is 11.1 Å². The number of rotatable bonds is 6. The first-order valence-electron chi connectivity index (χ1n) is 7.00. The van der Waals surface area contributed by atoms with Crippen molar-refractivity contribution in [1.82, 2.24) is 0 Å². The number of amides is 1. The molecule has 0 fully saturated rings. The minimum absolute atomic E-state index is 0.0951. The molecule has 4 nitrogen and oxygen atoms in total. The van der Waals surface area contributed by atoms with E-state index in [1.807, 2.05) is 42.5 Å². The fraction of sp³-hybridized carbons (Fsp3) is 0.235. The number of hydrogen-bond acceptors (Lipinski definition) is 3. The Bertz CT molecular complexity index is 584. The Labute approximate surface area is 124 Å². The zero-order chi connectivity index (χ0) is 15.1. The van der Waals surface area contributed by atoms with Crippen LogP contribution in [-0.4, -0.2) is 11.0 Å². The van der Waals surface area contributed by atoms with E-state index in [1.54, 1.807) is 12.1 Å². The predicted molar refractivity (Wildman–Crippen MR) is 83.6 cm³/mol. The molecular weight excluding hydrogens is 264 g/mol. The molecule has 4 N–H and O–H groups in total. The van der Waals surface area contributed by atoms with Crippen molar-refractivity contribution in [3.05, 3.63) is 65.7 Å². The highest BCUT2D eigenvalue weighted by Crippen LogP contribution is 2.18. The fourth-order valence-electron chi connectivity index (χ4n) is 2.15. The van der Waals surface area contributed by atoms with E-state index in [2.05, 4.69) is 5.32 Å². The molecule has 0 heterocycles. The quantitative estimate of drug-likeness (QED) is 0.763. The molecule has 0 spiro atoms. The maximum absolute atomic E-state index is 12.0. The molecule has 0 saturated heterocycles. The molecule has 110 valence electrons. The van der Waals surface area contributed by atoms with E-state index >= 15 is 0 Å². The molecule has 0 aliphatic heterocycles. The van der Waals surface area contributed by atoms with Crippen molar-refractivity contribution in [3.8, 4) is 0 Å². The minimum atomic E-state index is -0.148. The molecule has 2 rings (SSSR count). The number of hydrogen-bond donors (Lipinski definition) is 3. The van der Waals surface area contributed by atoms with Gasteiger partial charge in [0.05, 0.1) is 6.61 Å². The summed E-state index contributed by atoms with van der Waals surface area (Å²) in [6.45, 7) is -0.0972. The third-order valence-corrected chi connectivity index (χ3v) is 3.37. The van der Waals surface area contributed by atoms with Crippen LogP contribution in [0, 0.1) is 0 Å². The molecule has 1 amide bonds. The predicted octanol–water partition coefficient (Wildman–Crippen LogP) is 2.60. The minimum Gasteiger partial charge on any atom is -0.392 e. The highest BCUT2D eigenvalue weighted by molar-refractivity contribution is 5.91. The average Bonchev–Trinajstić information content (AvgIpc) is 2.54. The Morgan fingerprint density at radius 1 is 1.10 bits per heavy atom. The number of benzene rings is 2. The van der Waals surface area contributed by atoms with Gasteiger partial charge in [-0.1, -0.05) is 48.5 Å². The second kappa shape index (κ2) is 7.57. The number of nitrogens with two attached hydrogens (primary N) is 1. The average molecular weight is 284 g/mol. The largest absolute Gasteiger partial charge is 0.392 e. The first-order chi connectivity index (χ1) is 10.2. The summed E-state index contributed by atoms with van der Waals surface area (Å²) in [6.07, 6.45) is 0.924. The summed E-state index contributed by atoms with van der Waals surface area (Å²) in [4.78, 5) is 12.0. The Morgan fingerprint density at radius 3 is 2.48 bits per heavy atom. The van der Waals surface area contributed by atoms with Gasteiger partial charge in [0.25, 0.3) is 0 Å². The molecule has 2 aromatic carbocycles. The van der Waals surface area contributed by atoms with Crippen molar-refractivity contribution in [2.75, 3.05) is 5.32 Å². The zero-order valence-corrected chi connectivity index (χ0v) is 11.8. The second-order valence-electron chi connectivity index (χ2n) is 4.92. The van der Waals surface area contributed by atoms with Gasteiger partial charge in [-0.2, -0.15) is 0 Å². The van der Waals surface area contributed by atoms with Crippen LogP contribution in [0.15, 0.2) is 54.6 Å². The summed E-state index contributed by atoms with van der Waals surface area (Å²) < 4.78 is 0. The lowest BCUT2D eigenvalue weighted by atomic mass is 10.0. The van der Waals surface area contributed by atoms with E-state index < -0.39 is 0 Å². The van der Waals surface area contributed by atoms with Crippen molar-refractivity contribution >= 4 is 11.6 Å². The molecule has 0 radical (unpaired) electrons. The number of aliphatic hydroxyl groups is 1. The standard InChI is InChI=1S/C17H20N2O2/c18-15(13-6-2-1-3-7-13)10-11-17(21)19-16-9-5-4-8-14(16)12-20/h1-9,15,20H,10-12,18H2,(H,19,21). The molecule has 0 bridgehead atoms. The van der Waals surface area contributed by atoms with Gasteiger partial charge >= 0.3 is 0 Å². The maximum atomic E-state index is 12.0. The van der Waals surface area contributed by atoms with Gasteiger partial charge in [-0.3, -0.25) is 4.79 Å². The lowest BCUT2D eigenvalue weighted by molar-refractivity contribution is -0.116. The topological polar surface area (TPSA) is 75.4 Å². The number of para-hydroxylation sites is 1. The van der Waals surface area contributed by atoms with Crippen molar-refractivity contribution < 1.29 is 9.90 Å². The summed E-state index contributed by atoms with van der Waals surface area (Å²) >= 11 is 0. The maximum Gasteiger partial charge on any atom is 0.224 e. The number of carbonyl (C=O) groups excluding carboxylic acids is 1. The first kappa shape index (κ1) is 15.2. The monoisotopic (exact) mass is 284 g/mol. The van der Waals surface area contributed by atoms with Crippen LogP contribution in [-0.2, 0) is 11.4 Å². The molecular formula is C17H20N2O2. The highest BCUT2D eigenvalue weighted by Gasteiger charge is 2.10. The molecule has 4 heteroatoms. The number of carbonyl (C=O) groups is 1. The van der Waals surface area contributed by atoms with Gasteiger partial charge in [0.15, 0.2) is 0 Å². The third kappa shape index (κ3) is 4.41. The number of aliphatic hydroxyl groups excluding tert-OH is 1. The fourth-order valence-corrected chi connectivity index (χ4v) is 2.15. The van der Waals surface area contributed by atoms with Gasteiger partial charge in [0.1, 0.15) is 0 Å². The van der Waals surface area contributed by atoms with Gasteiger partial charge in [-0.15, -0.1) is 0 Å². The summed E-state index contributed by atoms with van der Waals surface area (Å²) in [6, 6.07) is 16.8. The van der Waals surface area contributed by atoms with Crippen molar-refractivity contribution in [1.29, 1.82) is 0 Å².